The van der Waals surface area contributed by atoms with E-state index in [1.165, 1.54) is 23.1 Å². The summed E-state index contributed by atoms with van der Waals surface area (Å²) >= 11 is 0. The lowest BCUT2D eigenvalue weighted by molar-refractivity contribution is -0.143. The first-order valence-electron chi connectivity index (χ1n) is 15.4. The minimum Gasteiger partial charge on any atom is -0.507 e. The third-order valence-corrected chi connectivity index (χ3v) is 9.80. The fourth-order valence-electron chi connectivity index (χ4n) is 7.90. The largest absolute Gasteiger partial charge is 0.507 e. The Labute approximate surface area is 234 Å². The molecule has 1 aromatic rings. The van der Waals surface area contributed by atoms with Crippen molar-refractivity contribution in [3.05, 3.63) is 45.5 Å². The number of likely N-dealkylation sites (tertiary alicyclic amines) is 1. The molecule has 1 saturated carbocycles. The highest BCUT2D eigenvalue weighted by Crippen LogP contribution is 2.52. The van der Waals surface area contributed by atoms with Crippen LogP contribution in [-0.4, -0.2) is 40.6 Å². The van der Waals surface area contributed by atoms with Gasteiger partial charge in [0.15, 0.2) is 0 Å². The van der Waals surface area contributed by atoms with Gasteiger partial charge in [0.25, 0.3) is 0 Å². The van der Waals surface area contributed by atoms with Gasteiger partial charge in [-0.25, -0.2) is 0 Å². The molecule has 39 heavy (non-hydrogen) atoms. The first-order chi connectivity index (χ1) is 18.7. The summed E-state index contributed by atoms with van der Waals surface area (Å²) in [5.74, 6) is 0.478. The molecule has 3 fully saturated rings. The number of allylic oxidation sites excluding steroid dienone is 2. The zero-order valence-electron chi connectivity index (χ0n) is 24.6. The summed E-state index contributed by atoms with van der Waals surface area (Å²) in [5, 5.41) is 10.2. The summed E-state index contributed by atoms with van der Waals surface area (Å²) in [6.45, 7) is 11.1. The number of imide groups is 1. The Balaban J connectivity index is 1.37. The van der Waals surface area contributed by atoms with E-state index in [2.05, 4.69) is 39.0 Å². The predicted molar refractivity (Wildman–Crippen MR) is 155 cm³/mol. The molecule has 0 radical (unpaired) electrons. The van der Waals surface area contributed by atoms with E-state index in [9.17, 15) is 14.7 Å². The van der Waals surface area contributed by atoms with Crippen LogP contribution in [0.1, 0.15) is 102 Å². The maximum atomic E-state index is 13.8. The normalized spacial score (nSPS) is 28.1. The van der Waals surface area contributed by atoms with E-state index in [0.29, 0.717) is 24.7 Å². The minimum atomic E-state index is -0.240. The van der Waals surface area contributed by atoms with Crippen molar-refractivity contribution in [1.82, 2.24) is 4.90 Å². The molecule has 5 rings (SSSR count). The Bertz CT molecular complexity index is 1150. The van der Waals surface area contributed by atoms with Crippen LogP contribution in [0.25, 0.3) is 6.08 Å². The lowest BCUT2D eigenvalue weighted by Crippen LogP contribution is -2.42. The van der Waals surface area contributed by atoms with Gasteiger partial charge in [-0.05, 0) is 92.7 Å². The number of aromatic hydroxyl groups is 1. The highest BCUT2D eigenvalue weighted by molar-refractivity contribution is 6.06. The molecule has 1 N–H and O–H groups in total. The number of rotatable bonds is 8. The van der Waals surface area contributed by atoms with Crippen molar-refractivity contribution in [3.8, 4) is 5.75 Å². The third kappa shape index (κ3) is 5.36. The Kier molecular flexibility index (Phi) is 8.37. The lowest BCUT2D eigenvalue weighted by Gasteiger charge is -2.33. The zero-order valence-corrected chi connectivity index (χ0v) is 24.6. The number of hydrogen-bond acceptors (Lipinski definition) is 4. The van der Waals surface area contributed by atoms with Gasteiger partial charge < -0.3 is 9.84 Å². The van der Waals surface area contributed by atoms with Crippen molar-refractivity contribution in [3.63, 3.8) is 0 Å². The molecule has 0 unspecified atom stereocenters. The van der Waals surface area contributed by atoms with E-state index in [-0.39, 0.29) is 41.7 Å². The molecule has 5 heteroatoms. The first-order valence-corrected chi connectivity index (χ1v) is 15.4. The summed E-state index contributed by atoms with van der Waals surface area (Å²) in [6, 6.07) is 4.21. The third-order valence-electron chi connectivity index (χ3n) is 9.80. The van der Waals surface area contributed by atoms with Gasteiger partial charge >= 0.3 is 0 Å². The second-order valence-electron chi connectivity index (χ2n) is 12.8. The van der Waals surface area contributed by atoms with Gasteiger partial charge in [-0.2, -0.15) is 0 Å². The first kappa shape index (κ1) is 28.1. The highest BCUT2D eigenvalue weighted by atomic mass is 16.5. The number of hydrogen-bond donors (Lipinski definition) is 1. The number of fused-ring (bicyclic) bond motifs is 3. The Morgan fingerprint density at radius 2 is 1.74 bits per heavy atom. The summed E-state index contributed by atoms with van der Waals surface area (Å²) < 4.78 is 6.49. The Morgan fingerprint density at radius 1 is 1.05 bits per heavy atom. The van der Waals surface area contributed by atoms with Crippen LogP contribution in [0.15, 0.2) is 28.9 Å². The summed E-state index contributed by atoms with van der Waals surface area (Å²) in [7, 11) is 0. The lowest BCUT2D eigenvalue weighted by atomic mass is 9.67. The molecule has 2 aliphatic carbocycles. The molecular weight excluding hydrogens is 486 g/mol. The van der Waals surface area contributed by atoms with Crippen molar-refractivity contribution < 1.29 is 19.4 Å². The predicted octanol–water partition coefficient (Wildman–Crippen LogP) is 7.28. The molecule has 2 heterocycles. The average Bonchev–Trinajstić information content (AvgIpc) is 3.44. The molecule has 212 valence electrons. The SMILES string of the molecule is CCC/C(=C\c1cc(C)c(O)c(C)c1)CC[C@H]1OC[C@H]2C1=C(C(C)C)C[C@H]1C(=O)N(C3CCCCC3)C(=O)[C@H]12. The molecule has 0 spiro atoms. The monoisotopic (exact) mass is 533 g/mol. The second kappa shape index (κ2) is 11.6. The summed E-state index contributed by atoms with van der Waals surface area (Å²) in [5.41, 5.74) is 7.04. The van der Waals surface area contributed by atoms with Crippen LogP contribution in [0.3, 0.4) is 0 Å². The quantitative estimate of drug-likeness (QED) is 0.282. The van der Waals surface area contributed by atoms with Gasteiger partial charge in [0.05, 0.1) is 24.5 Å². The number of carbonyl (C=O) groups is 2. The van der Waals surface area contributed by atoms with E-state index in [4.69, 9.17) is 4.74 Å². The number of phenols is 1. The van der Waals surface area contributed by atoms with Crippen LogP contribution < -0.4 is 0 Å². The van der Waals surface area contributed by atoms with E-state index in [0.717, 1.165) is 68.1 Å². The minimum absolute atomic E-state index is 0.0172. The molecule has 0 aromatic heterocycles. The van der Waals surface area contributed by atoms with Crippen LogP contribution in [0.5, 0.6) is 5.75 Å². The van der Waals surface area contributed by atoms with Gasteiger partial charge in [-0.1, -0.05) is 63.7 Å². The average molecular weight is 534 g/mol. The number of phenolic OH excluding ortho intramolecular Hbond substituents is 1. The van der Waals surface area contributed by atoms with Crippen LogP contribution in [0, 0.1) is 37.5 Å². The molecule has 4 aliphatic rings. The van der Waals surface area contributed by atoms with Crippen LogP contribution >= 0.6 is 0 Å². The number of benzene rings is 1. The maximum absolute atomic E-state index is 13.8. The summed E-state index contributed by atoms with van der Waals surface area (Å²) in [6.07, 6.45) is 12.3. The second-order valence-corrected chi connectivity index (χ2v) is 12.8. The van der Waals surface area contributed by atoms with Crippen molar-refractivity contribution >= 4 is 17.9 Å². The van der Waals surface area contributed by atoms with E-state index in [1.807, 2.05) is 13.8 Å². The Hall–Kier alpha value is -2.40. The van der Waals surface area contributed by atoms with Gasteiger partial charge in [0.1, 0.15) is 5.75 Å². The molecule has 5 nitrogen and oxygen atoms in total. The highest BCUT2D eigenvalue weighted by Gasteiger charge is 2.58. The fourth-order valence-corrected chi connectivity index (χ4v) is 7.90. The molecule has 4 atom stereocenters. The van der Waals surface area contributed by atoms with Gasteiger partial charge in [0.2, 0.25) is 11.8 Å². The number of ether oxygens (including phenoxy) is 1. The van der Waals surface area contributed by atoms with Crippen molar-refractivity contribution in [2.75, 3.05) is 6.61 Å². The van der Waals surface area contributed by atoms with Crippen molar-refractivity contribution in [2.24, 2.45) is 23.7 Å². The fraction of sp³-hybridized carbons (Fsp3) is 0.647. The molecule has 2 aliphatic heterocycles. The zero-order chi connectivity index (χ0) is 27.8. The van der Waals surface area contributed by atoms with Gasteiger partial charge in [-0.15, -0.1) is 0 Å². The number of nitrogens with zero attached hydrogens (tertiary/aromatic N) is 1. The Morgan fingerprint density at radius 3 is 2.38 bits per heavy atom. The summed E-state index contributed by atoms with van der Waals surface area (Å²) in [4.78, 5) is 29.1. The van der Waals surface area contributed by atoms with Gasteiger partial charge in [0, 0.05) is 12.0 Å². The molecule has 1 aromatic carbocycles. The van der Waals surface area contributed by atoms with Crippen molar-refractivity contribution in [1.29, 1.82) is 0 Å². The molecule has 2 saturated heterocycles. The van der Waals surface area contributed by atoms with Crippen LogP contribution in [0.2, 0.25) is 0 Å². The number of aryl methyl sites for hydroxylation is 2. The number of carbonyl (C=O) groups excluding carboxylic acids is 2. The number of amides is 2. The standard InChI is InChI=1S/C34H47NO4/c1-6-10-23(17-24-15-21(4)32(36)22(5)16-24)13-14-29-30-26(20(2)3)18-27-31(28(30)19-39-29)34(38)35(33(27)37)25-11-8-7-9-12-25/h15-17,20,25,27-29,31,36H,6-14,18-19H2,1-5H3/b23-17+/t27-,28+,29-,31-/m1/s1. The molecule has 2 amide bonds. The molecular formula is C34H47NO4. The van der Waals surface area contributed by atoms with Crippen molar-refractivity contribution in [2.45, 2.75) is 111 Å². The topological polar surface area (TPSA) is 66.8 Å². The van der Waals surface area contributed by atoms with Crippen LogP contribution in [0.4, 0.5) is 0 Å². The van der Waals surface area contributed by atoms with E-state index >= 15 is 0 Å². The molecule has 0 bridgehead atoms. The van der Waals surface area contributed by atoms with E-state index in [1.54, 1.807) is 4.90 Å². The van der Waals surface area contributed by atoms with Gasteiger partial charge in [-0.3, -0.25) is 14.5 Å². The maximum Gasteiger partial charge on any atom is 0.234 e. The van der Waals surface area contributed by atoms with E-state index < -0.39 is 0 Å². The van der Waals surface area contributed by atoms with Crippen LogP contribution in [-0.2, 0) is 14.3 Å². The smallest absolute Gasteiger partial charge is 0.234 e.